The van der Waals surface area contributed by atoms with Gasteiger partial charge in [-0.1, -0.05) is 13.8 Å². The van der Waals surface area contributed by atoms with Crippen molar-refractivity contribution >= 4 is 35.6 Å². The van der Waals surface area contributed by atoms with Crippen molar-refractivity contribution < 1.29 is 39.0 Å². The Balaban J connectivity index is 2.94. The van der Waals surface area contributed by atoms with Crippen LogP contribution in [-0.4, -0.2) is 81.4 Å². The minimum Gasteiger partial charge on any atom is -0.481 e. The molecule has 4 unspecified atom stereocenters. The number of nitrogens with zero attached hydrogens (tertiary/aromatic N) is 1. The smallest absolute Gasteiger partial charge is 0.326 e. The van der Waals surface area contributed by atoms with Gasteiger partial charge in [0.15, 0.2) is 0 Å². The zero-order chi connectivity index (χ0) is 25.3. The van der Waals surface area contributed by atoms with Crippen LogP contribution in [0.15, 0.2) is 0 Å². The summed E-state index contributed by atoms with van der Waals surface area (Å²) in [4.78, 5) is 72.7. The first-order valence-electron chi connectivity index (χ1n) is 10.7. The van der Waals surface area contributed by atoms with Crippen LogP contribution < -0.4 is 22.1 Å². The summed E-state index contributed by atoms with van der Waals surface area (Å²) in [6, 6.07) is -4.61. The highest BCUT2D eigenvalue weighted by molar-refractivity contribution is 5.95. The van der Waals surface area contributed by atoms with Crippen LogP contribution in [0.2, 0.25) is 0 Å². The van der Waals surface area contributed by atoms with Crippen molar-refractivity contribution in [1.82, 2.24) is 15.5 Å². The van der Waals surface area contributed by atoms with Gasteiger partial charge >= 0.3 is 11.9 Å². The van der Waals surface area contributed by atoms with Crippen LogP contribution >= 0.6 is 0 Å². The average Bonchev–Trinajstić information content (AvgIpc) is 3.18. The lowest BCUT2D eigenvalue weighted by atomic mass is 10.0. The quantitative estimate of drug-likeness (QED) is 0.177. The maximum absolute atomic E-state index is 13.2. The summed E-state index contributed by atoms with van der Waals surface area (Å²) in [6.45, 7) is 3.90. The number of carboxylic acid groups (broad SMARTS) is 2. The minimum absolute atomic E-state index is 0.00564. The zero-order valence-corrected chi connectivity index (χ0v) is 18.8. The van der Waals surface area contributed by atoms with E-state index < -0.39 is 72.6 Å². The van der Waals surface area contributed by atoms with Crippen molar-refractivity contribution in [2.24, 2.45) is 17.4 Å². The van der Waals surface area contributed by atoms with E-state index in [1.807, 2.05) is 13.8 Å². The molecule has 186 valence electrons. The molecule has 0 spiro atoms. The van der Waals surface area contributed by atoms with Crippen LogP contribution in [0, 0.1) is 5.92 Å². The van der Waals surface area contributed by atoms with E-state index >= 15 is 0 Å². The molecule has 0 bridgehead atoms. The van der Waals surface area contributed by atoms with Gasteiger partial charge in [0.05, 0.1) is 12.5 Å². The first-order valence-corrected chi connectivity index (χ1v) is 10.7. The number of carbonyl (C=O) groups is 6. The van der Waals surface area contributed by atoms with Crippen molar-refractivity contribution in [3.05, 3.63) is 0 Å². The highest BCUT2D eigenvalue weighted by Crippen LogP contribution is 2.21. The number of hydrogen-bond acceptors (Lipinski definition) is 7. The summed E-state index contributed by atoms with van der Waals surface area (Å²) in [7, 11) is 0. The molecule has 1 aliphatic heterocycles. The number of carbonyl (C=O) groups excluding carboxylic acids is 4. The summed E-state index contributed by atoms with van der Waals surface area (Å²) in [5.41, 5.74) is 10.7. The molecule has 8 N–H and O–H groups in total. The molecule has 0 radical (unpaired) electrons. The van der Waals surface area contributed by atoms with E-state index in [4.69, 9.17) is 16.6 Å². The fourth-order valence-corrected chi connectivity index (χ4v) is 3.58. The van der Waals surface area contributed by atoms with Crippen LogP contribution in [0.25, 0.3) is 0 Å². The first-order chi connectivity index (χ1) is 15.3. The van der Waals surface area contributed by atoms with E-state index in [0.717, 1.165) is 0 Å². The molecule has 4 amide bonds. The highest BCUT2D eigenvalue weighted by Gasteiger charge is 2.39. The van der Waals surface area contributed by atoms with Gasteiger partial charge in [0.2, 0.25) is 23.6 Å². The van der Waals surface area contributed by atoms with Crippen LogP contribution in [-0.2, 0) is 28.8 Å². The number of primary amides is 1. The molecule has 4 atom stereocenters. The molecule has 0 aromatic heterocycles. The molecular weight excluding hydrogens is 438 g/mol. The summed E-state index contributed by atoms with van der Waals surface area (Å²) in [5.74, 6) is -5.32. The largest absolute Gasteiger partial charge is 0.481 e. The Morgan fingerprint density at radius 3 is 2.21 bits per heavy atom. The minimum atomic E-state index is -1.41. The van der Waals surface area contributed by atoms with E-state index in [1.165, 1.54) is 4.90 Å². The Morgan fingerprint density at radius 1 is 1.06 bits per heavy atom. The Hall–Kier alpha value is -3.22. The molecule has 1 fully saturated rings. The monoisotopic (exact) mass is 471 g/mol. The standard InChI is InChI=1S/C20H33N5O8/c1-10(2)8-13(24-17(29)11(21)9-15(22)26)19(31)25-7-3-4-14(25)18(30)23-12(20(32)33)5-6-16(27)28/h10-14H,3-9,21H2,1-2H3,(H2,22,26)(H,23,30)(H,24,29)(H,27,28)(H,32,33). The van der Waals surface area contributed by atoms with E-state index in [9.17, 15) is 33.9 Å². The molecule has 1 aliphatic rings. The van der Waals surface area contributed by atoms with Gasteiger partial charge in [0.1, 0.15) is 18.1 Å². The van der Waals surface area contributed by atoms with E-state index in [1.54, 1.807) is 0 Å². The topological polar surface area (TPSA) is 222 Å². The Morgan fingerprint density at radius 2 is 1.70 bits per heavy atom. The Kier molecular flexibility index (Phi) is 10.7. The molecule has 1 rings (SSSR count). The van der Waals surface area contributed by atoms with Gasteiger partial charge in [-0.05, 0) is 31.6 Å². The number of likely N-dealkylation sites (tertiary alicyclic amines) is 1. The number of amides is 4. The van der Waals surface area contributed by atoms with Crippen molar-refractivity contribution in [3.8, 4) is 0 Å². The van der Waals surface area contributed by atoms with E-state index in [2.05, 4.69) is 10.6 Å². The fraction of sp³-hybridized carbons (Fsp3) is 0.700. The molecule has 0 aromatic rings. The van der Waals surface area contributed by atoms with Gasteiger partial charge < -0.3 is 37.2 Å². The lowest BCUT2D eigenvalue weighted by molar-refractivity contribution is -0.145. The molecule has 1 saturated heterocycles. The molecule has 13 nitrogen and oxygen atoms in total. The number of rotatable bonds is 13. The third-order valence-corrected chi connectivity index (χ3v) is 5.18. The van der Waals surface area contributed by atoms with E-state index in [0.29, 0.717) is 6.42 Å². The van der Waals surface area contributed by atoms with Crippen LogP contribution in [0.3, 0.4) is 0 Å². The summed E-state index contributed by atoms with van der Waals surface area (Å²) >= 11 is 0. The summed E-state index contributed by atoms with van der Waals surface area (Å²) in [6.07, 6.45) is -0.128. The molecular formula is C20H33N5O8. The van der Waals surface area contributed by atoms with Crippen LogP contribution in [0.5, 0.6) is 0 Å². The number of aliphatic carboxylic acids is 2. The number of nitrogens with two attached hydrogens (primary N) is 2. The molecule has 0 aromatic carbocycles. The predicted octanol–water partition coefficient (Wildman–Crippen LogP) is -1.85. The van der Waals surface area contributed by atoms with Gasteiger partial charge in [0, 0.05) is 13.0 Å². The van der Waals surface area contributed by atoms with Gasteiger partial charge in [-0.2, -0.15) is 0 Å². The number of carboxylic acids is 2. The molecule has 1 heterocycles. The Bertz CT molecular complexity index is 772. The lowest BCUT2D eigenvalue weighted by Gasteiger charge is -2.30. The highest BCUT2D eigenvalue weighted by atomic mass is 16.4. The van der Waals surface area contributed by atoms with Gasteiger partial charge in [-0.15, -0.1) is 0 Å². The second-order valence-corrected chi connectivity index (χ2v) is 8.49. The third-order valence-electron chi connectivity index (χ3n) is 5.18. The summed E-state index contributed by atoms with van der Waals surface area (Å²) in [5, 5.41) is 22.9. The molecule has 0 aliphatic carbocycles. The SMILES string of the molecule is CC(C)CC(NC(=O)C(N)CC(N)=O)C(=O)N1CCCC1C(=O)NC(CCC(=O)O)C(=O)O. The fourth-order valence-electron chi connectivity index (χ4n) is 3.58. The Labute approximate surface area is 191 Å². The third kappa shape index (κ3) is 9.04. The number of hydrogen-bond donors (Lipinski definition) is 6. The van der Waals surface area contributed by atoms with E-state index in [-0.39, 0.29) is 31.7 Å². The van der Waals surface area contributed by atoms with Crippen molar-refractivity contribution in [2.45, 2.75) is 76.5 Å². The van der Waals surface area contributed by atoms with Crippen molar-refractivity contribution in [2.75, 3.05) is 6.54 Å². The molecule has 33 heavy (non-hydrogen) atoms. The molecule has 0 saturated carbocycles. The van der Waals surface area contributed by atoms with Gasteiger partial charge in [0.25, 0.3) is 0 Å². The van der Waals surface area contributed by atoms with Crippen LogP contribution in [0.4, 0.5) is 0 Å². The first kappa shape index (κ1) is 27.8. The maximum Gasteiger partial charge on any atom is 0.326 e. The van der Waals surface area contributed by atoms with Crippen molar-refractivity contribution in [1.29, 1.82) is 0 Å². The zero-order valence-electron chi connectivity index (χ0n) is 18.8. The second kappa shape index (κ2) is 12.7. The predicted molar refractivity (Wildman–Crippen MR) is 114 cm³/mol. The second-order valence-electron chi connectivity index (χ2n) is 8.49. The maximum atomic E-state index is 13.2. The van der Waals surface area contributed by atoms with Gasteiger partial charge in [-0.25, -0.2) is 4.79 Å². The van der Waals surface area contributed by atoms with Crippen molar-refractivity contribution in [3.63, 3.8) is 0 Å². The van der Waals surface area contributed by atoms with Crippen LogP contribution in [0.1, 0.15) is 52.4 Å². The van der Waals surface area contributed by atoms with Gasteiger partial charge in [-0.3, -0.25) is 24.0 Å². The normalized spacial score (nSPS) is 18.3. The average molecular weight is 472 g/mol. The number of nitrogens with one attached hydrogen (secondary N) is 2. The summed E-state index contributed by atoms with van der Waals surface area (Å²) < 4.78 is 0. The lowest BCUT2D eigenvalue weighted by Crippen LogP contribution is -2.57. The molecule has 13 heteroatoms.